The Morgan fingerprint density at radius 3 is 2.40 bits per heavy atom. The second kappa shape index (κ2) is 9.63. The van der Waals surface area contributed by atoms with Gasteiger partial charge in [0.2, 0.25) is 0 Å². The molecule has 1 saturated heterocycles. The lowest BCUT2D eigenvalue weighted by atomic mass is 10.1. The van der Waals surface area contributed by atoms with Crippen molar-refractivity contribution in [1.82, 2.24) is 5.32 Å². The fourth-order valence-electron chi connectivity index (χ4n) is 3.34. The van der Waals surface area contributed by atoms with E-state index < -0.39 is 40.8 Å². The number of hydrogen-bond donors (Lipinski definition) is 1. The van der Waals surface area contributed by atoms with Crippen molar-refractivity contribution >= 4 is 41.2 Å². The quantitative estimate of drug-likeness (QED) is 0.365. The number of nitrogens with one attached hydrogen (secondary N) is 1. The van der Waals surface area contributed by atoms with Gasteiger partial charge in [0.25, 0.3) is 11.8 Å². The van der Waals surface area contributed by atoms with Crippen LogP contribution in [0.25, 0.3) is 6.08 Å². The molecule has 3 aromatic rings. The number of benzene rings is 3. The van der Waals surface area contributed by atoms with Crippen LogP contribution in [0.1, 0.15) is 16.7 Å². The molecule has 0 saturated carbocycles. The van der Waals surface area contributed by atoms with Crippen LogP contribution in [-0.2, 0) is 22.4 Å². The lowest BCUT2D eigenvalue weighted by Crippen LogP contribution is -2.54. The average molecular weight is 501 g/mol. The molecule has 1 aliphatic rings. The second-order valence-corrected chi connectivity index (χ2v) is 7.88. The number of carbonyl (C=O) groups excluding carboxylic acids is 3. The third-order valence-corrected chi connectivity index (χ3v) is 5.35. The van der Waals surface area contributed by atoms with E-state index >= 15 is 0 Å². The summed E-state index contributed by atoms with van der Waals surface area (Å²) < 4.78 is 45.3. The van der Waals surface area contributed by atoms with E-state index in [2.05, 4.69) is 0 Å². The molecule has 0 bridgehead atoms. The molecule has 0 spiro atoms. The monoisotopic (exact) mass is 500 g/mol. The first-order chi connectivity index (χ1) is 16.6. The molecular weight excluding hydrogens is 485 g/mol. The Bertz CT molecular complexity index is 1340. The fourth-order valence-corrected chi connectivity index (χ4v) is 3.54. The number of urea groups is 1. The van der Waals surface area contributed by atoms with Crippen LogP contribution in [-0.4, -0.2) is 17.8 Å². The number of anilines is 1. The van der Waals surface area contributed by atoms with Crippen LogP contribution in [0.5, 0.6) is 5.75 Å². The van der Waals surface area contributed by atoms with Gasteiger partial charge in [-0.05, 0) is 47.5 Å². The number of halogens is 4. The van der Waals surface area contributed by atoms with Gasteiger partial charge in [0.05, 0.1) is 16.3 Å². The maximum absolute atomic E-state index is 13.2. The van der Waals surface area contributed by atoms with Crippen LogP contribution in [0.2, 0.25) is 5.02 Å². The largest absolute Gasteiger partial charge is 0.489 e. The minimum atomic E-state index is -4.73. The third-order valence-electron chi connectivity index (χ3n) is 5.03. The number of nitrogens with zero attached hydrogens (tertiary/aromatic N) is 1. The Labute approximate surface area is 202 Å². The molecule has 0 aliphatic carbocycles. The molecular formula is C25H16ClF3N2O4. The first-order valence-electron chi connectivity index (χ1n) is 10.2. The van der Waals surface area contributed by atoms with Gasteiger partial charge >= 0.3 is 12.2 Å². The van der Waals surface area contributed by atoms with E-state index in [1.807, 2.05) is 35.6 Å². The summed E-state index contributed by atoms with van der Waals surface area (Å²) in [6.45, 7) is 0.288. The molecule has 1 aliphatic heterocycles. The highest BCUT2D eigenvalue weighted by Crippen LogP contribution is 2.36. The fraction of sp³-hybridized carbons (Fsp3) is 0.0800. The number of barbiturate groups is 1. The van der Waals surface area contributed by atoms with Crippen molar-refractivity contribution in [3.63, 3.8) is 0 Å². The van der Waals surface area contributed by atoms with E-state index in [1.54, 1.807) is 24.3 Å². The van der Waals surface area contributed by atoms with Crippen molar-refractivity contribution < 1.29 is 32.3 Å². The van der Waals surface area contributed by atoms with Gasteiger partial charge in [-0.3, -0.25) is 14.9 Å². The maximum Gasteiger partial charge on any atom is 0.416 e. The third kappa shape index (κ3) is 5.36. The van der Waals surface area contributed by atoms with Crippen molar-refractivity contribution in [3.8, 4) is 5.75 Å². The number of imide groups is 2. The van der Waals surface area contributed by atoms with Crippen molar-refractivity contribution in [2.24, 2.45) is 0 Å². The molecule has 1 N–H and O–H groups in total. The summed E-state index contributed by atoms with van der Waals surface area (Å²) in [5, 5.41) is 1.69. The number of amides is 4. The van der Waals surface area contributed by atoms with Gasteiger partial charge in [0, 0.05) is 0 Å². The van der Waals surface area contributed by atoms with Crippen LogP contribution in [0.15, 0.2) is 78.4 Å². The average Bonchev–Trinajstić information content (AvgIpc) is 2.82. The van der Waals surface area contributed by atoms with Crippen LogP contribution in [0, 0.1) is 0 Å². The van der Waals surface area contributed by atoms with Gasteiger partial charge in [0.1, 0.15) is 17.9 Å². The van der Waals surface area contributed by atoms with Gasteiger partial charge in [0.15, 0.2) is 0 Å². The Kier molecular flexibility index (Phi) is 6.61. The van der Waals surface area contributed by atoms with Crippen LogP contribution in [0.3, 0.4) is 0 Å². The van der Waals surface area contributed by atoms with E-state index in [9.17, 15) is 27.6 Å². The van der Waals surface area contributed by atoms with Gasteiger partial charge in [-0.1, -0.05) is 54.1 Å². The molecule has 0 aromatic heterocycles. The topological polar surface area (TPSA) is 75.7 Å². The maximum atomic E-state index is 13.2. The van der Waals surface area contributed by atoms with E-state index in [-0.39, 0.29) is 11.6 Å². The molecule has 0 atom stereocenters. The number of ether oxygens (including phenoxy) is 1. The molecule has 1 fully saturated rings. The number of rotatable bonds is 5. The Morgan fingerprint density at radius 1 is 0.943 bits per heavy atom. The van der Waals surface area contributed by atoms with Crippen molar-refractivity contribution in [2.75, 3.05) is 4.90 Å². The van der Waals surface area contributed by atoms with Crippen molar-refractivity contribution in [2.45, 2.75) is 12.8 Å². The van der Waals surface area contributed by atoms with E-state index in [0.29, 0.717) is 22.3 Å². The first kappa shape index (κ1) is 24.0. The lowest BCUT2D eigenvalue weighted by Gasteiger charge is -2.27. The van der Waals surface area contributed by atoms with Gasteiger partial charge < -0.3 is 4.74 Å². The van der Waals surface area contributed by atoms with Gasteiger partial charge in [-0.15, -0.1) is 0 Å². The number of hydrogen-bond acceptors (Lipinski definition) is 4. The Morgan fingerprint density at radius 2 is 1.69 bits per heavy atom. The highest BCUT2D eigenvalue weighted by atomic mass is 35.5. The molecule has 1 heterocycles. The molecule has 4 amide bonds. The van der Waals surface area contributed by atoms with Crippen LogP contribution < -0.4 is 15.0 Å². The molecule has 0 unspecified atom stereocenters. The highest BCUT2D eigenvalue weighted by molar-refractivity contribution is 6.42. The minimum absolute atomic E-state index is 0.272. The summed E-state index contributed by atoms with van der Waals surface area (Å²) in [6.07, 6.45) is -3.52. The van der Waals surface area contributed by atoms with E-state index in [4.69, 9.17) is 16.3 Å². The molecule has 10 heteroatoms. The summed E-state index contributed by atoms with van der Waals surface area (Å²) in [7, 11) is 0. The zero-order valence-corrected chi connectivity index (χ0v) is 18.6. The zero-order chi connectivity index (χ0) is 25.2. The molecule has 178 valence electrons. The summed E-state index contributed by atoms with van der Waals surface area (Å²) in [4.78, 5) is 38.3. The Hall–Kier alpha value is -4.11. The van der Waals surface area contributed by atoms with E-state index in [1.165, 1.54) is 6.08 Å². The number of carbonyl (C=O) groups is 3. The van der Waals surface area contributed by atoms with Crippen LogP contribution in [0.4, 0.5) is 23.7 Å². The van der Waals surface area contributed by atoms with Crippen molar-refractivity contribution in [1.29, 1.82) is 0 Å². The first-order valence-corrected chi connectivity index (χ1v) is 10.6. The molecule has 35 heavy (non-hydrogen) atoms. The summed E-state index contributed by atoms with van der Waals surface area (Å²) in [6, 6.07) is 16.9. The van der Waals surface area contributed by atoms with Crippen LogP contribution >= 0.6 is 11.6 Å². The summed E-state index contributed by atoms with van der Waals surface area (Å²) in [5.74, 6) is -1.65. The lowest BCUT2D eigenvalue weighted by molar-refractivity contribution is -0.137. The standard InChI is InChI=1S/C25H16ClF3N2O4/c26-20-10-9-17(25(27,28)29)13-21(20)31-23(33)19(22(32)30-24(31)34)12-16-7-4-8-18(11-16)35-14-15-5-2-1-3-6-15/h1-13H,14H2,(H,30,32,34)/b19-12+. The Balaban J connectivity index is 1.63. The smallest absolute Gasteiger partial charge is 0.416 e. The van der Waals surface area contributed by atoms with Gasteiger partial charge in [-0.25, -0.2) is 9.69 Å². The van der Waals surface area contributed by atoms with Crippen molar-refractivity contribution in [3.05, 3.63) is 100 Å². The van der Waals surface area contributed by atoms with E-state index in [0.717, 1.165) is 17.7 Å². The normalized spacial score (nSPS) is 15.4. The molecule has 3 aromatic carbocycles. The molecule has 4 rings (SSSR count). The SMILES string of the molecule is O=C1NC(=O)N(c2cc(C(F)(F)F)ccc2Cl)C(=O)/C1=C/c1cccc(OCc2ccccc2)c1. The predicted octanol–water partition coefficient (Wildman–Crippen LogP) is 5.60. The summed E-state index contributed by atoms with van der Waals surface area (Å²) in [5.41, 5.74) is -0.729. The molecule has 6 nitrogen and oxygen atoms in total. The second-order valence-electron chi connectivity index (χ2n) is 7.47. The number of alkyl halides is 3. The summed E-state index contributed by atoms with van der Waals surface area (Å²) >= 11 is 6.00. The zero-order valence-electron chi connectivity index (χ0n) is 17.8. The minimum Gasteiger partial charge on any atom is -0.489 e. The molecule has 0 radical (unpaired) electrons. The van der Waals surface area contributed by atoms with Gasteiger partial charge in [-0.2, -0.15) is 13.2 Å². The predicted molar refractivity (Wildman–Crippen MR) is 123 cm³/mol. The highest BCUT2D eigenvalue weighted by Gasteiger charge is 2.39.